The van der Waals surface area contributed by atoms with Crippen molar-refractivity contribution in [3.05, 3.63) is 0 Å². The second kappa shape index (κ2) is 24.0. The maximum absolute atomic E-state index is 2.72. The lowest BCUT2D eigenvalue weighted by Gasteiger charge is -2.21. The smallest absolute Gasteiger partial charge is 0.00187 e. The topological polar surface area (TPSA) is 3.24 Å². The van der Waals surface area contributed by atoms with E-state index in [0.717, 1.165) is 0 Å². The predicted molar refractivity (Wildman–Crippen MR) is 126 cm³/mol. The molecule has 0 heterocycles. The first-order valence-electron chi connectivity index (χ1n) is 13.1. The van der Waals surface area contributed by atoms with E-state index in [-0.39, 0.29) is 0 Å². The molecule has 0 rings (SSSR count). The van der Waals surface area contributed by atoms with E-state index < -0.39 is 0 Å². The molecular weight excluding hydrogens is 326 g/mol. The molecule has 0 fully saturated rings. The fourth-order valence-corrected chi connectivity index (χ4v) is 3.98. The van der Waals surface area contributed by atoms with Crippen LogP contribution in [0, 0.1) is 0 Å². The third kappa shape index (κ3) is 22.1. The van der Waals surface area contributed by atoms with Gasteiger partial charge in [0, 0.05) is 0 Å². The van der Waals surface area contributed by atoms with Crippen molar-refractivity contribution in [2.75, 3.05) is 19.6 Å². The van der Waals surface area contributed by atoms with Gasteiger partial charge in [0.2, 0.25) is 0 Å². The van der Waals surface area contributed by atoms with Gasteiger partial charge < -0.3 is 4.90 Å². The minimum atomic E-state index is 1.33. The van der Waals surface area contributed by atoms with Crippen LogP contribution >= 0.6 is 0 Å². The van der Waals surface area contributed by atoms with Gasteiger partial charge in [0.1, 0.15) is 0 Å². The highest BCUT2D eigenvalue weighted by Crippen LogP contribution is 2.14. The quantitative estimate of drug-likeness (QED) is 0.159. The summed E-state index contributed by atoms with van der Waals surface area (Å²) in [6.45, 7) is 10.9. The van der Waals surface area contributed by atoms with E-state index >= 15 is 0 Å². The number of unbranched alkanes of at least 4 members (excludes halogenated alkanes) is 17. The lowest BCUT2D eigenvalue weighted by molar-refractivity contribution is 0.259. The van der Waals surface area contributed by atoms with Crippen molar-refractivity contribution in [3.63, 3.8) is 0 Å². The number of hydrogen-bond acceptors (Lipinski definition) is 1. The van der Waals surface area contributed by atoms with Crippen molar-refractivity contribution in [2.24, 2.45) is 0 Å². The van der Waals surface area contributed by atoms with Crippen molar-refractivity contribution in [3.8, 4) is 0 Å². The molecular formula is C26H55N. The van der Waals surface area contributed by atoms with E-state index in [1.807, 2.05) is 0 Å². The molecule has 0 aromatic heterocycles. The monoisotopic (exact) mass is 381 g/mol. The molecule has 27 heavy (non-hydrogen) atoms. The van der Waals surface area contributed by atoms with Crippen LogP contribution in [0.4, 0.5) is 0 Å². The zero-order chi connectivity index (χ0) is 19.8. The second-order valence-electron chi connectivity index (χ2n) is 8.85. The lowest BCUT2D eigenvalue weighted by Crippen LogP contribution is -2.27. The Kier molecular flexibility index (Phi) is 24.0. The Hall–Kier alpha value is -0.0400. The molecule has 0 aliphatic heterocycles. The van der Waals surface area contributed by atoms with Gasteiger partial charge in [0.05, 0.1) is 0 Å². The van der Waals surface area contributed by atoms with Crippen molar-refractivity contribution in [2.45, 2.75) is 149 Å². The van der Waals surface area contributed by atoms with Gasteiger partial charge in [-0.25, -0.2) is 0 Å². The molecule has 0 bridgehead atoms. The van der Waals surface area contributed by atoms with Gasteiger partial charge in [-0.05, 0) is 38.9 Å². The molecule has 0 saturated carbocycles. The molecule has 0 saturated heterocycles. The first-order valence-corrected chi connectivity index (χ1v) is 13.1. The van der Waals surface area contributed by atoms with Crippen LogP contribution in [0.2, 0.25) is 0 Å². The molecule has 0 radical (unpaired) electrons. The standard InChI is InChI=1S/C26H55N/c1-4-7-10-11-12-13-14-15-16-17-18-19-20-21-22-23-26-27(24-8-5-2)25-9-6-3/h4-26H2,1-3H3. The summed E-state index contributed by atoms with van der Waals surface area (Å²) < 4.78 is 0. The Morgan fingerprint density at radius 2 is 0.556 bits per heavy atom. The van der Waals surface area contributed by atoms with Crippen LogP contribution in [0.1, 0.15) is 149 Å². The fraction of sp³-hybridized carbons (Fsp3) is 1.00. The molecule has 164 valence electrons. The second-order valence-corrected chi connectivity index (χ2v) is 8.85. The highest BCUT2D eigenvalue weighted by molar-refractivity contribution is 4.58. The minimum Gasteiger partial charge on any atom is -0.303 e. The Morgan fingerprint density at radius 3 is 0.889 bits per heavy atom. The summed E-state index contributed by atoms with van der Waals surface area (Å²) in [7, 11) is 0. The van der Waals surface area contributed by atoms with Crippen molar-refractivity contribution in [1.82, 2.24) is 4.90 Å². The van der Waals surface area contributed by atoms with Crippen LogP contribution in [0.15, 0.2) is 0 Å². The average Bonchev–Trinajstić information content (AvgIpc) is 2.69. The van der Waals surface area contributed by atoms with E-state index in [9.17, 15) is 0 Å². The van der Waals surface area contributed by atoms with Crippen molar-refractivity contribution < 1.29 is 0 Å². The van der Waals surface area contributed by atoms with Gasteiger partial charge in [-0.3, -0.25) is 0 Å². The Morgan fingerprint density at radius 1 is 0.296 bits per heavy atom. The maximum Gasteiger partial charge on any atom is -0.00187 e. The van der Waals surface area contributed by atoms with Crippen LogP contribution < -0.4 is 0 Å². The van der Waals surface area contributed by atoms with Crippen molar-refractivity contribution in [1.29, 1.82) is 0 Å². The summed E-state index contributed by atoms with van der Waals surface area (Å²) in [5.41, 5.74) is 0. The van der Waals surface area contributed by atoms with Crippen LogP contribution in [-0.4, -0.2) is 24.5 Å². The summed E-state index contributed by atoms with van der Waals surface area (Å²) in [6, 6.07) is 0. The highest BCUT2D eigenvalue weighted by atomic mass is 15.1. The maximum atomic E-state index is 2.72. The van der Waals surface area contributed by atoms with Gasteiger partial charge in [-0.2, -0.15) is 0 Å². The number of rotatable bonds is 23. The molecule has 0 unspecified atom stereocenters. The zero-order valence-electron chi connectivity index (χ0n) is 19.7. The molecule has 0 atom stereocenters. The third-order valence-electron chi connectivity index (χ3n) is 5.98. The highest BCUT2D eigenvalue weighted by Gasteiger charge is 2.03. The van der Waals surface area contributed by atoms with Crippen LogP contribution in [-0.2, 0) is 0 Å². The van der Waals surface area contributed by atoms with E-state index in [1.54, 1.807) is 0 Å². The summed E-state index contributed by atoms with van der Waals surface area (Å²) in [5.74, 6) is 0. The summed E-state index contributed by atoms with van der Waals surface area (Å²) in [6.07, 6.45) is 28.9. The Balaban J connectivity index is 3.24. The SMILES string of the molecule is CCCCCCCCCCCCCCCCCCN(CCCC)CCCC. The normalized spacial score (nSPS) is 11.6. The van der Waals surface area contributed by atoms with Crippen LogP contribution in [0.3, 0.4) is 0 Å². The van der Waals surface area contributed by atoms with E-state index in [0.29, 0.717) is 0 Å². The van der Waals surface area contributed by atoms with Gasteiger partial charge >= 0.3 is 0 Å². The van der Waals surface area contributed by atoms with Crippen LogP contribution in [0.25, 0.3) is 0 Å². The van der Waals surface area contributed by atoms with Gasteiger partial charge in [0.15, 0.2) is 0 Å². The largest absolute Gasteiger partial charge is 0.303 e. The van der Waals surface area contributed by atoms with Crippen molar-refractivity contribution >= 4 is 0 Å². The number of nitrogens with zero attached hydrogens (tertiary/aromatic N) is 1. The molecule has 0 aliphatic carbocycles. The van der Waals surface area contributed by atoms with Gasteiger partial charge in [-0.15, -0.1) is 0 Å². The Labute approximate surface area is 174 Å². The summed E-state index contributed by atoms with van der Waals surface area (Å²) >= 11 is 0. The molecule has 0 aliphatic rings. The van der Waals surface area contributed by atoms with Gasteiger partial charge in [0.25, 0.3) is 0 Å². The average molecular weight is 382 g/mol. The number of hydrogen-bond donors (Lipinski definition) is 0. The Bertz CT molecular complexity index is 243. The fourth-order valence-electron chi connectivity index (χ4n) is 3.98. The molecule has 1 nitrogen and oxygen atoms in total. The molecule has 0 N–H and O–H groups in total. The minimum absolute atomic E-state index is 1.33. The molecule has 0 amide bonds. The summed E-state index contributed by atoms with van der Waals surface area (Å²) in [4.78, 5) is 2.72. The van der Waals surface area contributed by atoms with Crippen LogP contribution in [0.5, 0.6) is 0 Å². The van der Waals surface area contributed by atoms with Gasteiger partial charge in [-0.1, -0.05) is 130 Å². The van der Waals surface area contributed by atoms with E-state index in [1.165, 1.54) is 148 Å². The van der Waals surface area contributed by atoms with E-state index in [4.69, 9.17) is 0 Å². The lowest BCUT2D eigenvalue weighted by atomic mass is 10.0. The predicted octanol–water partition coefficient (Wildman–Crippen LogP) is 9.15. The molecule has 0 aromatic carbocycles. The first-order chi connectivity index (χ1) is 13.3. The third-order valence-corrected chi connectivity index (χ3v) is 5.98. The first kappa shape index (κ1) is 27.0. The zero-order valence-corrected chi connectivity index (χ0v) is 19.7. The molecule has 0 aromatic rings. The molecule has 1 heteroatoms. The molecule has 0 spiro atoms. The summed E-state index contributed by atoms with van der Waals surface area (Å²) in [5, 5.41) is 0. The van der Waals surface area contributed by atoms with E-state index in [2.05, 4.69) is 25.7 Å².